The lowest BCUT2D eigenvalue weighted by atomic mass is 10.0. The Labute approximate surface area is 112 Å². The van der Waals surface area contributed by atoms with Crippen LogP contribution in [0.1, 0.15) is 6.42 Å². The van der Waals surface area contributed by atoms with Crippen LogP contribution in [0.2, 0.25) is 0 Å². The smallest absolute Gasteiger partial charge is 0.233 e. The number of hydrogen-bond acceptors (Lipinski definition) is 4. The monoisotopic (exact) mass is 265 g/mol. The summed E-state index contributed by atoms with van der Waals surface area (Å²) < 4.78 is 0. The number of amides is 1. The molecule has 5 heteroatoms. The van der Waals surface area contributed by atoms with Gasteiger partial charge in [0.25, 0.3) is 0 Å². The van der Waals surface area contributed by atoms with Crippen LogP contribution < -0.4 is 4.90 Å². The van der Waals surface area contributed by atoms with E-state index in [9.17, 15) is 9.90 Å². The van der Waals surface area contributed by atoms with Crippen LogP contribution in [0.3, 0.4) is 0 Å². The number of nitrogens with zero attached hydrogens (tertiary/aromatic N) is 1. The van der Waals surface area contributed by atoms with Crippen molar-refractivity contribution in [3.8, 4) is 0 Å². The van der Waals surface area contributed by atoms with E-state index >= 15 is 0 Å². The van der Waals surface area contributed by atoms with E-state index < -0.39 is 12.5 Å². The highest BCUT2D eigenvalue weighted by Gasteiger charge is 2.21. The van der Waals surface area contributed by atoms with Gasteiger partial charge in [0.2, 0.25) is 5.91 Å². The van der Waals surface area contributed by atoms with Crippen molar-refractivity contribution >= 4 is 11.6 Å². The van der Waals surface area contributed by atoms with E-state index in [1.807, 2.05) is 18.2 Å². The lowest BCUT2D eigenvalue weighted by molar-refractivity contribution is -0.121. The minimum absolute atomic E-state index is 0.172. The van der Waals surface area contributed by atoms with Crippen molar-refractivity contribution < 1.29 is 20.1 Å². The number of aliphatic hydroxyl groups excluding tert-OH is 3. The highest BCUT2D eigenvalue weighted by molar-refractivity contribution is 5.95. The lowest BCUT2D eigenvalue weighted by Crippen LogP contribution is -2.32. The number of rotatable bonds is 6. The van der Waals surface area contributed by atoms with Crippen molar-refractivity contribution in [3.63, 3.8) is 0 Å². The zero-order valence-corrected chi connectivity index (χ0v) is 10.9. The number of aliphatic hydroxyl groups is 3. The molecule has 0 aromatic heterocycles. The summed E-state index contributed by atoms with van der Waals surface area (Å²) in [7, 11) is 1.63. The van der Waals surface area contributed by atoms with Gasteiger partial charge >= 0.3 is 0 Å². The van der Waals surface area contributed by atoms with E-state index in [4.69, 9.17) is 10.2 Å². The molecule has 0 aliphatic heterocycles. The molecule has 1 atom stereocenters. The van der Waals surface area contributed by atoms with Crippen molar-refractivity contribution in [2.24, 2.45) is 5.92 Å². The van der Waals surface area contributed by atoms with Crippen LogP contribution in [0.4, 0.5) is 5.69 Å². The predicted octanol–water partition coefficient (Wildman–Crippen LogP) is 1.08. The molecule has 0 radical (unpaired) electrons. The molecule has 1 aromatic rings. The maximum atomic E-state index is 12.3. The van der Waals surface area contributed by atoms with Crippen molar-refractivity contribution in [3.05, 3.63) is 42.2 Å². The molecule has 0 heterocycles. The fraction of sp³-hybridized carbons (Fsp3) is 0.357. The van der Waals surface area contributed by atoms with Crippen LogP contribution in [0.25, 0.3) is 0 Å². The molecule has 3 N–H and O–H groups in total. The number of para-hydroxylation sites is 1. The molecular formula is C14H19NO4. The van der Waals surface area contributed by atoms with Crippen LogP contribution >= 0.6 is 0 Å². The Hall–Kier alpha value is -1.85. The standard InChI is InChI=1S/C14H19NO4/c1-15(12-5-3-2-4-6-12)14(19)11(7-8-16)9-13(18)10-17/h2-6,9,11,16-18H,7-8,10H2,1H3/t11-/m0/s1. The average molecular weight is 265 g/mol. The van der Waals surface area contributed by atoms with Gasteiger partial charge < -0.3 is 20.2 Å². The molecule has 0 aliphatic rings. The van der Waals surface area contributed by atoms with Gasteiger partial charge in [-0.25, -0.2) is 0 Å². The third kappa shape index (κ3) is 4.39. The van der Waals surface area contributed by atoms with E-state index in [0.29, 0.717) is 0 Å². The first-order chi connectivity index (χ1) is 9.10. The first-order valence-corrected chi connectivity index (χ1v) is 6.04. The second kappa shape index (κ2) is 7.56. The van der Waals surface area contributed by atoms with Crippen molar-refractivity contribution in [1.29, 1.82) is 0 Å². The molecule has 0 unspecified atom stereocenters. The second-order valence-electron chi connectivity index (χ2n) is 4.17. The largest absolute Gasteiger partial charge is 0.510 e. The van der Waals surface area contributed by atoms with E-state index in [1.165, 1.54) is 11.0 Å². The lowest BCUT2D eigenvalue weighted by Gasteiger charge is -2.21. The number of carbonyl (C=O) groups excluding carboxylic acids is 1. The Morgan fingerprint density at radius 2 is 1.95 bits per heavy atom. The summed E-state index contributed by atoms with van der Waals surface area (Å²) in [6.07, 6.45) is 1.47. The molecule has 0 saturated heterocycles. The molecule has 0 aliphatic carbocycles. The van der Waals surface area contributed by atoms with Gasteiger partial charge in [-0.05, 0) is 24.6 Å². The van der Waals surface area contributed by atoms with E-state index in [0.717, 1.165) is 5.69 Å². The van der Waals surface area contributed by atoms with Gasteiger partial charge in [-0.3, -0.25) is 4.79 Å². The SMILES string of the molecule is CN(C(=O)[C@H](C=C(O)CO)CCO)c1ccccc1. The molecule has 0 bridgehead atoms. The Bertz CT molecular complexity index is 430. The second-order valence-corrected chi connectivity index (χ2v) is 4.17. The van der Waals surface area contributed by atoms with Crippen LogP contribution in [0.15, 0.2) is 42.2 Å². The van der Waals surface area contributed by atoms with Crippen LogP contribution in [-0.2, 0) is 4.79 Å². The predicted molar refractivity (Wildman–Crippen MR) is 72.8 cm³/mol. The van der Waals surface area contributed by atoms with E-state index in [-0.39, 0.29) is 24.7 Å². The molecule has 1 rings (SSSR count). The molecule has 0 saturated carbocycles. The van der Waals surface area contributed by atoms with Gasteiger partial charge in [0, 0.05) is 19.3 Å². The number of hydrogen-bond donors (Lipinski definition) is 3. The van der Waals surface area contributed by atoms with Crippen LogP contribution in [0, 0.1) is 5.92 Å². The maximum absolute atomic E-state index is 12.3. The summed E-state index contributed by atoms with van der Waals surface area (Å²) in [5, 5.41) is 27.1. The molecule has 104 valence electrons. The summed E-state index contributed by atoms with van der Waals surface area (Å²) in [5.41, 5.74) is 0.729. The summed E-state index contributed by atoms with van der Waals surface area (Å²) in [6, 6.07) is 9.08. The minimum atomic E-state index is -0.664. The summed E-state index contributed by atoms with van der Waals surface area (Å²) in [5.74, 6) is -1.18. The molecule has 0 fully saturated rings. The zero-order valence-electron chi connectivity index (χ0n) is 10.9. The Morgan fingerprint density at radius 3 is 2.47 bits per heavy atom. The Kier molecular flexibility index (Phi) is 6.05. The van der Waals surface area contributed by atoms with Crippen LogP contribution in [-0.4, -0.2) is 41.5 Å². The normalized spacial score (nSPS) is 13.1. The molecule has 1 aromatic carbocycles. The van der Waals surface area contributed by atoms with Crippen molar-refractivity contribution in [2.75, 3.05) is 25.2 Å². The van der Waals surface area contributed by atoms with Gasteiger partial charge in [0.05, 0.1) is 12.5 Å². The first kappa shape index (κ1) is 15.2. The van der Waals surface area contributed by atoms with Gasteiger partial charge in [-0.1, -0.05) is 18.2 Å². The maximum Gasteiger partial charge on any atom is 0.233 e. The van der Waals surface area contributed by atoms with Gasteiger partial charge in [-0.2, -0.15) is 0 Å². The average Bonchev–Trinajstić information content (AvgIpc) is 2.46. The third-order valence-corrected chi connectivity index (χ3v) is 2.79. The number of anilines is 1. The summed E-state index contributed by atoms with van der Waals surface area (Å²) in [4.78, 5) is 13.7. The Morgan fingerprint density at radius 1 is 1.32 bits per heavy atom. The molecule has 1 amide bonds. The molecule has 0 spiro atoms. The van der Waals surface area contributed by atoms with Gasteiger partial charge in [0.15, 0.2) is 0 Å². The quantitative estimate of drug-likeness (QED) is 0.672. The molecular weight excluding hydrogens is 246 g/mol. The topological polar surface area (TPSA) is 81.0 Å². The highest BCUT2D eigenvalue weighted by Crippen LogP contribution is 2.17. The number of benzene rings is 1. The Balaban J connectivity index is 2.88. The van der Waals surface area contributed by atoms with E-state index in [2.05, 4.69) is 0 Å². The van der Waals surface area contributed by atoms with Crippen molar-refractivity contribution in [2.45, 2.75) is 6.42 Å². The fourth-order valence-corrected chi connectivity index (χ4v) is 1.73. The zero-order chi connectivity index (χ0) is 14.3. The van der Waals surface area contributed by atoms with Gasteiger partial charge in [-0.15, -0.1) is 0 Å². The number of carbonyl (C=O) groups is 1. The van der Waals surface area contributed by atoms with Crippen molar-refractivity contribution in [1.82, 2.24) is 0 Å². The summed E-state index contributed by atoms with van der Waals surface area (Å²) >= 11 is 0. The van der Waals surface area contributed by atoms with E-state index in [1.54, 1.807) is 19.2 Å². The van der Waals surface area contributed by atoms with Gasteiger partial charge in [0.1, 0.15) is 5.76 Å². The first-order valence-electron chi connectivity index (χ1n) is 6.04. The molecule has 5 nitrogen and oxygen atoms in total. The minimum Gasteiger partial charge on any atom is -0.510 e. The third-order valence-electron chi connectivity index (χ3n) is 2.79. The summed E-state index contributed by atoms with van der Waals surface area (Å²) in [6.45, 7) is -0.696. The van der Waals surface area contributed by atoms with Crippen LogP contribution in [0.5, 0.6) is 0 Å². The highest BCUT2D eigenvalue weighted by atomic mass is 16.3. The molecule has 19 heavy (non-hydrogen) atoms. The fourth-order valence-electron chi connectivity index (χ4n) is 1.73.